The van der Waals surface area contributed by atoms with Crippen LogP contribution in [0.2, 0.25) is 0 Å². The average Bonchev–Trinajstić information content (AvgIpc) is 2.35. The fourth-order valence-corrected chi connectivity index (χ4v) is 5.72. The van der Waals surface area contributed by atoms with E-state index in [1.165, 1.54) is 44.9 Å². The van der Waals surface area contributed by atoms with Gasteiger partial charge in [-0.05, 0) is 43.7 Å². The Bertz CT molecular complexity index is 186. The minimum Gasteiger partial charge on any atom is -0.418 e. The molecule has 0 aromatic rings. The molecule has 1 unspecified atom stereocenters. The summed E-state index contributed by atoms with van der Waals surface area (Å²) in [4.78, 5) is 0. The van der Waals surface area contributed by atoms with Gasteiger partial charge in [-0.3, -0.25) is 0 Å². The van der Waals surface area contributed by atoms with Crippen LogP contribution in [0.5, 0.6) is 0 Å². The number of unbranched alkanes of at least 4 members (excludes halogenated alkanes) is 2. The fraction of sp³-hybridized carbons (Fsp3) is 1.00. The molecule has 0 N–H and O–H groups in total. The maximum absolute atomic E-state index is 9.75. The van der Waals surface area contributed by atoms with E-state index in [1.54, 1.807) is 12.3 Å². The second kappa shape index (κ2) is 14.2. The van der Waals surface area contributed by atoms with Crippen molar-refractivity contribution in [2.24, 2.45) is 0 Å². The van der Waals surface area contributed by atoms with Gasteiger partial charge in [0.25, 0.3) is 0 Å². The van der Waals surface area contributed by atoms with E-state index < -0.39 is 7.25 Å². The van der Waals surface area contributed by atoms with Crippen LogP contribution in [0.25, 0.3) is 0 Å². The SMILES string of the molecule is CCCCP(CCCC)C(CC)CCC.F[B-](F)(F)F. The van der Waals surface area contributed by atoms with Gasteiger partial charge in [-0.1, -0.05) is 47.0 Å². The molecule has 0 spiro atoms. The lowest BCUT2D eigenvalue weighted by molar-refractivity contribution is 0.368. The standard InChI is InChI=1S/C14H31P.BF4/c1-5-9-12-15(13-10-6-2)14(8-4)11-7-3;2-1(3,4)5/h14H,5-13H2,1-4H3;/q;-1. The second-order valence-electron chi connectivity index (χ2n) is 5.09. The molecule has 0 aromatic carbocycles. The summed E-state index contributed by atoms with van der Waals surface area (Å²) in [5.74, 6) is 0. The van der Waals surface area contributed by atoms with Crippen LogP contribution < -0.4 is 0 Å². The lowest BCUT2D eigenvalue weighted by Gasteiger charge is -2.26. The van der Waals surface area contributed by atoms with Crippen molar-refractivity contribution in [3.05, 3.63) is 0 Å². The normalized spacial score (nSPS) is 13.1. The molecule has 6 heteroatoms. The predicted octanol–water partition coefficient (Wildman–Crippen LogP) is 6.95. The molecule has 0 bridgehead atoms. The number of rotatable bonds is 10. The molecule has 0 amide bonds. The van der Waals surface area contributed by atoms with Crippen molar-refractivity contribution < 1.29 is 17.3 Å². The zero-order chi connectivity index (χ0) is 16.0. The van der Waals surface area contributed by atoms with Gasteiger partial charge in [0.05, 0.1) is 0 Å². The Morgan fingerprint density at radius 3 is 1.45 bits per heavy atom. The Labute approximate surface area is 124 Å². The highest BCUT2D eigenvalue weighted by atomic mass is 31.1. The van der Waals surface area contributed by atoms with E-state index in [1.807, 2.05) is 0 Å². The quantitative estimate of drug-likeness (QED) is 0.232. The summed E-state index contributed by atoms with van der Waals surface area (Å²) in [5.41, 5.74) is 1.07. The smallest absolute Gasteiger partial charge is 0.418 e. The molecule has 0 aliphatic heterocycles. The lowest BCUT2D eigenvalue weighted by atomic mass is 10.2. The van der Waals surface area contributed by atoms with E-state index in [2.05, 4.69) is 27.7 Å². The largest absolute Gasteiger partial charge is 0.673 e. The highest BCUT2D eigenvalue weighted by Crippen LogP contribution is 2.46. The monoisotopic (exact) mass is 317 g/mol. The van der Waals surface area contributed by atoms with Gasteiger partial charge < -0.3 is 17.3 Å². The van der Waals surface area contributed by atoms with E-state index in [0.717, 1.165) is 5.66 Å². The van der Waals surface area contributed by atoms with Crippen LogP contribution in [0, 0.1) is 0 Å². The zero-order valence-electron chi connectivity index (χ0n) is 13.5. The first-order valence-electron chi connectivity index (χ1n) is 7.91. The van der Waals surface area contributed by atoms with Gasteiger partial charge in [0, 0.05) is 0 Å². The van der Waals surface area contributed by atoms with Crippen LogP contribution in [0.1, 0.15) is 72.6 Å². The van der Waals surface area contributed by atoms with Gasteiger partial charge in [-0.2, -0.15) is 0 Å². The van der Waals surface area contributed by atoms with Gasteiger partial charge in [-0.15, -0.1) is 7.92 Å². The van der Waals surface area contributed by atoms with E-state index in [-0.39, 0.29) is 0 Å². The van der Waals surface area contributed by atoms with Crippen molar-refractivity contribution >= 4 is 15.2 Å². The first-order valence-corrected chi connectivity index (χ1v) is 9.69. The Kier molecular flexibility index (Phi) is 15.9. The van der Waals surface area contributed by atoms with E-state index in [0.29, 0.717) is 7.92 Å². The third kappa shape index (κ3) is 18.2. The highest BCUT2D eigenvalue weighted by Gasteiger charge is 2.20. The topological polar surface area (TPSA) is 0 Å². The molecule has 124 valence electrons. The summed E-state index contributed by atoms with van der Waals surface area (Å²) in [6.45, 7) is 9.39. The number of hydrogen-bond donors (Lipinski definition) is 0. The summed E-state index contributed by atoms with van der Waals surface area (Å²) in [5, 5.41) is 0. The molecule has 0 saturated carbocycles. The van der Waals surface area contributed by atoms with Crippen LogP contribution in [0.3, 0.4) is 0 Å². The molecule has 0 nitrogen and oxygen atoms in total. The molecular weight excluding hydrogens is 286 g/mol. The van der Waals surface area contributed by atoms with Gasteiger partial charge in [0.1, 0.15) is 0 Å². The maximum Gasteiger partial charge on any atom is 0.673 e. The Hall–Kier alpha value is 0.215. The third-order valence-corrected chi connectivity index (χ3v) is 6.64. The Morgan fingerprint density at radius 2 is 1.20 bits per heavy atom. The zero-order valence-corrected chi connectivity index (χ0v) is 14.4. The minimum atomic E-state index is -6.00. The third-order valence-electron chi connectivity index (χ3n) is 3.21. The van der Waals surface area contributed by atoms with Crippen LogP contribution >= 0.6 is 7.92 Å². The molecule has 1 atom stereocenters. The van der Waals surface area contributed by atoms with Crippen molar-refractivity contribution in [2.75, 3.05) is 12.3 Å². The molecule has 0 aromatic heterocycles. The van der Waals surface area contributed by atoms with Crippen LogP contribution in [0.15, 0.2) is 0 Å². The Balaban J connectivity index is 0. The molecule has 0 heterocycles. The average molecular weight is 317 g/mol. The molecule has 20 heavy (non-hydrogen) atoms. The Morgan fingerprint density at radius 1 is 0.800 bits per heavy atom. The molecule has 0 radical (unpaired) electrons. The number of halogens is 4. The van der Waals surface area contributed by atoms with Crippen molar-refractivity contribution in [3.8, 4) is 0 Å². The van der Waals surface area contributed by atoms with E-state index in [9.17, 15) is 17.3 Å². The minimum absolute atomic E-state index is 0.358. The summed E-state index contributed by atoms with van der Waals surface area (Å²) < 4.78 is 39.0. The molecule has 0 fully saturated rings. The molecule has 0 aliphatic carbocycles. The first kappa shape index (κ1) is 22.5. The van der Waals surface area contributed by atoms with Crippen molar-refractivity contribution in [2.45, 2.75) is 78.3 Å². The molecule has 0 saturated heterocycles. The summed E-state index contributed by atoms with van der Waals surface area (Å²) in [7, 11) is -5.64. The summed E-state index contributed by atoms with van der Waals surface area (Å²) >= 11 is 0. The van der Waals surface area contributed by atoms with Gasteiger partial charge in [0.2, 0.25) is 0 Å². The molecular formula is C14H31BF4P-. The van der Waals surface area contributed by atoms with Gasteiger partial charge in [0.15, 0.2) is 0 Å². The van der Waals surface area contributed by atoms with Crippen LogP contribution in [-0.4, -0.2) is 25.2 Å². The maximum atomic E-state index is 9.75. The van der Waals surface area contributed by atoms with E-state index in [4.69, 9.17) is 0 Å². The lowest BCUT2D eigenvalue weighted by Crippen LogP contribution is -2.08. The second-order valence-corrected chi connectivity index (χ2v) is 7.89. The van der Waals surface area contributed by atoms with Crippen molar-refractivity contribution in [1.82, 2.24) is 0 Å². The van der Waals surface area contributed by atoms with Crippen LogP contribution in [-0.2, 0) is 0 Å². The number of hydrogen-bond acceptors (Lipinski definition) is 0. The first-order chi connectivity index (χ1) is 9.29. The van der Waals surface area contributed by atoms with Crippen molar-refractivity contribution in [3.63, 3.8) is 0 Å². The van der Waals surface area contributed by atoms with Gasteiger partial charge >= 0.3 is 7.25 Å². The fourth-order valence-electron chi connectivity index (χ4n) is 2.18. The van der Waals surface area contributed by atoms with Crippen molar-refractivity contribution in [1.29, 1.82) is 0 Å². The summed E-state index contributed by atoms with van der Waals surface area (Å²) in [6, 6.07) is 0. The molecule has 0 rings (SSSR count). The van der Waals surface area contributed by atoms with E-state index >= 15 is 0 Å². The van der Waals surface area contributed by atoms with Gasteiger partial charge in [-0.25, -0.2) is 0 Å². The summed E-state index contributed by atoms with van der Waals surface area (Å²) in [6.07, 6.45) is 13.1. The van der Waals surface area contributed by atoms with Crippen LogP contribution in [0.4, 0.5) is 17.3 Å². The highest BCUT2D eigenvalue weighted by molar-refractivity contribution is 7.58. The molecule has 0 aliphatic rings. The predicted molar refractivity (Wildman–Crippen MR) is 85.6 cm³/mol.